The highest BCUT2D eigenvalue weighted by atomic mass is 35.5. The van der Waals surface area contributed by atoms with Crippen LogP contribution in [-0.4, -0.2) is 23.3 Å². The molecule has 1 aromatic heterocycles. The first-order chi connectivity index (χ1) is 13.5. The lowest BCUT2D eigenvalue weighted by atomic mass is 10.0. The van der Waals surface area contributed by atoms with Crippen LogP contribution in [0.15, 0.2) is 53.1 Å². The number of hydrogen-bond donors (Lipinski definition) is 2. The summed E-state index contributed by atoms with van der Waals surface area (Å²) in [6, 6.07) is 15.8. The number of nitriles is 1. The summed E-state index contributed by atoms with van der Waals surface area (Å²) >= 11 is 0. The second kappa shape index (κ2) is 9.73. The second-order valence-electron chi connectivity index (χ2n) is 6.22. The zero-order valence-electron chi connectivity index (χ0n) is 15.9. The molecule has 0 saturated carbocycles. The zero-order chi connectivity index (χ0) is 20.1. The van der Waals surface area contributed by atoms with E-state index in [0.29, 0.717) is 23.4 Å². The molecule has 0 fully saturated rings. The van der Waals surface area contributed by atoms with E-state index in [1.807, 2.05) is 19.1 Å². The summed E-state index contributed by atoms with van der Waals surface area (Å²) in [7, 11) is 1.56. The summed E-state index contributed by atoms with van der Waals surface area (Å²) in [6.07, 6.45) is 0. The van der Waals surface area contributed by atoms with Gasteiger partial charge in [-0.15, -0.1) is 12.4 Å². The molecule has 3 rings (SSSR count). The topological polar surface area (TPSA) is 108 Å². The molecule has 7 nitrogen and oxygen atoms in total. The van der Waals surface area contributed by atoms with Crippen LogP contribution in [0.5, 0.6) is 5.75 Å². The van der Waals surface area contributed by atoms with Crippen molar-refractivity contribution in [3.63, 3.8) is 0 Å². The van der Waals surface area contributed by atoms with Gasteiger partial charge in [-0.2, -0.15) is 5.26 Å². The van der Waals surface area contributed by atoms with Gasteiger partial charge in [-0.05, 0) is 48.9 Å². The third-order valence-corrected chi connectivity index (χ3v) is 4.38. The smallest absolute Gasteiger partial charge is 0.341 e. The largest absolute Gasteiger partial charge is 0.497 e. The Hall–Kier alpha value is -3.34. The van der Waals surface area contributed by atoms with E-state index in [-0.39, 0.29) is 35.5 Å². The summed E-state index contributed by atoms with van der Waals surface area (Å²) < 4.78 is 10.5. The number of nitrogens with zero attached hydrogens (tertiary/aromatic N) is 2. The fourth-order valence-corrected chi connectivity index (χ4v) is 2.81. The van der Waals surface area contributed by atoms with Crippen LogP contribution in [0.3, 0.4) is 0 Å². The number of methoxy groups -OCH3 is 1. The molecule has 0 spiro atoms. The molecule has 0 saturated heterocycles. The van der Waals surface area contributed by atoms with E-state index in [4.69, 9.17) is 14.5 Å². The van der Waals surface area contributed by atoms with Crippen molar-refractivity contribution >= 4 is 18.4 Å². The van der Waals surface area contributed by atoms with Crippen LogP contribution in [0.2, 0.25) is 0 Å². The molecule has 1 atom stereocenters. The number of aromatic carboxylic acids is 1. The standard InChI is InChI=1S/C21H19N3O4.ClH/c1-13(23-12-15-5-3-14(11-22)4-6-15)20-18(21(25)26)19(24-28-20)16-7-9-17(27-2)10-8-16;/h3-10,13,23H,12H2,1-2H3,(H,25,26);1H/t13-;/m1./s1. The van der Waals surface area contributed by atoms with Gasteiger partial charge in [-0.1, -0.05) is 17.3 Å². The van der Waals surface area contributed by atoms with Gasteiger partial charge in [0.1, 0.15) is 17.0 Å². The molecule has 29 heavy (non-hydrogen) atoms. The third-order valence-electron chi connectivity index (χ3n) is 4.38. The van der Waals surface area contributed by atoms with Crippen molar-refractivity contribution < 1.29 is 19.2 Å². The van der Waals surface area contributed by atoms with Gasteiger partial charge in [0.2, 0.25) is 0 Å². The maximum Gasteiger partial charge on any atom is 0.341 e. The lowest BCUT2D eigenvalue weighted by Crippen LogP contribution is -2.19. The molecule has 3 aromatic rings. The van der Waals surface area contributed by atoms with E-state index in [9.17, 15) is 9.90 Å². The monoisotopic (exact) mass is 413 g/mol. The summed E-state index contributed by atoms with van der Waals surface area (Å²) in [4.78, 5) is 11.9. The average Bonchev–Trinajstić information content (AvgIpc) is 3.18. The normalized spacial score (nSPS) is 11.2. The van der Waals surface area contributed by atoms with Crippen molar-refractivity contribution in [2.75, 3.05) is 7.11 Å². The number of rotatable bonds is 7. The summed E-state index contributed by atoms with van der Waals surface area (Å²) in [5.41, 5.74) is 2.50. The van der Waals surface area contributed by atoms with Gasteiger partial charge in [0, 0.05) is 12.1 Å². The number of halogens is 1. The predicted molar refractivity (Wildman–Crippen MR) is 109 cm³/mol. The first-order valence-corrected chi connectivity index (χ1v) is 8.63. The van der Waals surface area contributed by atoms with Gasteiger partial charge in [0.25, 0.3) is 0 Å². The number of nitrogens with one attached hydrogen (secondary N) is 1. The first-order valence-electron chi connectivity index (χ1n) is 8.63. The van der Waals surface area contributed by atoms with Gasteiger partial charge >= 0.3 is 5.97 Å². The van der Waals surface area contributed by atoms with Crippen LogP contribution < -0.4 is 10.1 Å². The van der Waals surface area contributed by atoms with E-state index in [0.717, 1.165) is 5.56 Å². The Morgan fingerprint density at radius 1 is 1.24 bits per heavy atom. The Morgan fingerprint density at radius 3 is 2.45 bits per heavy atom. The van der Waals surface area contributed by atoms with Gasteiger partial charge in [0.05, 0.1) is 24.8 Å². The van der Waals surface area contributed by atoms with Crippen molar-refractivity contribution in [3.8, 4) is 23.1 Å². The average molecular weight is 414 g/mol. The number of benzene rings is 2. The quantitative estimate of drug-likeness (QED) is 0.597. The molecule has 0 radical (unpaired) electrons. The molecular formula is C21H20ClN3O4. The van der Waals surface area contributed by atoms with Crippen LogP contribution >= 0.6 is 12.4 Å². The number of carbonyl (C=O) groups is 1. The third kappa shape index (κ3) is 4.93. The van der Waals surface area contributed by atoms with Gasteiger partial charge in [-0.3, -0.25) is 0 Å². The summed E-state index contributed by atoms with van der Waals surface area (Å²) in [5, 5.41) is 25.8. The molecule has 8 heteroatoms. The fourth-order valence-electron chi connectivity index (χ4n) is 2.81. The highest BCUT2D eigenvalue weighted by molar-refractivity contribution is 5.96. The predicted octanol–water partition coefficient (Wildman–Crippen LogP) is 4.19. The minimum atomic E-state index is -1.10. The summed E-state index contributed by atoms with van der Waals surface area (Å²) in [5.74, 6) is -0.178. The molecule has 1 heterocycles. The van der Waals surface area contributed by atoms with Crippen molar-refractivity contribution in [2.24, 2.45) is 0 Å². The lowest BCUT2D eigenvalue weighted by Gasteiger charge is -2.12. The van der Waals surface area contributed by atoms with Gasteiger partial charge < -0.3 is 19.7 Å². The van der Waals surface area contributed by atoms with Crippen molar-refractivity contribution in [1.29, 1.82) is 5.26 Å². The number of aromatic nitrogens is 1. The van der Waals surface area contributed by atoms with Crippen LogP contribution in [-0.2, 0) is 6.54 Å². The highest BCUT2D eigenvalue weighted by Crippen LogP contribution is 2.30. The molecule has 0 bridgehead atoms. The molecule has 0 unspecified atom stereocenters. The van der Waals surface area contributed by atoms with Crippen molar-refractivity contribution in [1.82, 2.24) is 10.5 Å². The molecule has 0 aliphatic carbocycles. The molecular weight excluding hydrogens is 394 g/mol. The van der Waals surface area contributed by atoms with Crippen LogP contribution in [0.4, 0.5) is 0 Å². The number of carboxylic acid groups (broad SMARTS) is 1. The summed E-state index contributed by atoms with van der Waals surface area (Å²) in [6.45, 7) is 2.30. The second-order valence-corrected chi connectivity index (χ2v) is 6.22. The molecule has 150 valence electrons. The van der Waals surface area contributed by atoms with E-state index in [2.05, 4.69) is 16.5 Å². The van der Waals surface area contributed by atoms with Crippen LogP contribution in [0, 0.1) is 11.3 Å². The maximum absolute atomic E-state index is 11.9. The van der Waals surface area contributed by atoms with Gasteiger partial charge in [0.15, 0.2) is 5.76 Å². The molecule has 0 aliphatic heterocycles. The van der Waals surface area contributed by atoms with Crippen LogP contribution in [0.1, 0.15) is 40.2 Å². The highest BCUT2D eigenvalue weighted by Gasteiger charge is 2.27. The van der Waals surface area contributed by atoms with E-state index in [1.165, 1.54) is 0 Å². The van der Waals surface area contributed by atoms with Crippen molar-refractivity contribution in [2.45, 2.75) is 19.5 Å². The van der Waals surface area contributed by atoms with Crippen molar-refractivity contribution in [3.05, 3.63) is 71.0 Å². The maximum atomic E-state index is 11.9. The molecule has 0 amide bonds. The number of carboxylic acids is 1. The van der Waals surface area contributed by atoms with Gasteiger partial charge in [-0.25, -0.2) is 4.79 Å². The minimum Gasteiger partial charge on any atom is -0.497 e. The molecule has 2 aromatic carbocycles. The number of hydrogen-bond acceptors (Lipinski definition) is 6. The first kappa shape index (κ1) is 22.0. The molecule has 2 N–H and O–H groups in total. The Balaban J connectivity index is 0.00000300. The Labute approximate surface area is 174 Å². The number of ether oxygens (including phenoxy) is 1. The Bertz CT molecular complexity index is 1010. The SMILES string of the molecule is COc1ccc(-c2noc([C@@H](C)NCc3ccc(C#N)cc3)c2C(=O)O)cc1.Cl. The zero-order valence-corrected chi connectivity index (χ0v) is 16.7. The Morgan fingerprint density at radius 2 is 1.90 bits per heavy atom. The fraction of sp³-hybridized carbons (Fsp3) is 0.190. The van der Waals surface area contributed by atoms with E-state index < -0.39 is 5.97 Å². The molecule has 0 aliphatic rings. The Kier molecular flexibility index (Phi) is 7.37. The minimum absolute atomic E-state index is 0. The van der Waals surface area contributed by atoms with E-state index >= 15 is 0 Å². The van der Waals surface area contributed by atoms with Crippen LogP contribution in [0.25, 0.3) is 11.3 Å². The lowest BCUT2D eigenvalue weighted by molar-refractivity contribution is 0.0694. The van der Waals surface area contributed by atoms with E-state index in [1.54, 1.807) is 43.5 Å².